The van der Waals surface area contributed by atoms with E-state index in [4.69, 9.17) is 0 Å². The van der Waals surface area contributed by atoms with E-state index < -0.39 is 0 Å². The summed E-state index contributed by atoms with van der Waals surface area (Å²) in [5, 5.41) is 0. The van der Waals surface area contributed by atoms with Crippen LogP contribution in [0.4, 0.5) is 5.82 Å². The van der Waals surface area contributed by atoms with E-state index in [0.29, 0.717) is 5.82 Å². The number of aryl methyl sites for hydroxylation is 1. The van der Waals surface area contributed by atoms with Crippen molar-refractivity contribution in [3.63, 3.8) is 0 Å². The molecule has 1 fully saturated rings. The van der Waals surface area contributed by atoms with Gasteiger partial charge >= 0.3 is 0 Å². The molecule has 5 nitrogen and oxygen atoms in total. The molecule has 1 aromatic heterocycles. The van der Waals surface area contributed by atoms with Gasteiger partial charge in [-0.1, -0.05) is 0 Å². The number of ketones is 1. The number of carbonyl (C=O) groups excluding carboxylic acids is 1. The van der Waals surface area contributed by atoms with Gasteiger partial charge in [0.1, 0.15) is 0 Å². The molecular formula is C12H17N3O2. The molecule has 2 heterocycles. The number of anilines is 1. The standard InChI is InChI=1S/C12H17N3O2/c1-9(16)10-5-3-4-7-15(10)11-12(17)14(2)8-6-13-11/h6,8,10H,3-5,7H2,1-2H3. The van der Waals surface area contributed by atoms with Crippen LogP contribution in [0.3, 0.4) is 0 Å². The lowest BCUT2D eigenvalue weighted by Gasteiger charge is -2.34. The smallest absolute Gasteiger partial charge is 0.293 e. The quantitative estimate of drug-likeness (QED) is 0.758. The molecule has 1 aliphatic rings. The van der Waals surface area contributed by atoms with Crippen LogP contribution in [-0.4, -0.2) is 27.9 Å². The Bertz CT molecular complexity index is 481. The average molecular weight is 235 g/mol. The minimum Gasteiger partial charge on any atom is -0.342 e. The Labute approximate surface area is 100 Å². The minimum atomic E-state index is -0.189. The fourth-order valence-corrected chi connectivity index (χ4v) is 2.29. The van der Waals surface area contributed by atoms with Crippen LogP contribution >= 0.6 is 0 Å². The van der Waals surface area contributed by atoms with E-state index in [1.54, 1.807) is 26.4 Å². The van der Waals surface area contributed by atoms with E-state index in [2.05, 4.69) is 4.98 Å². The Morgan fingerprint density at radius 1 is 1.47 bits per heavy atom. The first-order valence-corrected chi connectivity index (χ1v) is 5.90. The van der Waals surface area contributed by atoms with Crippen LogP contribution in [0.2, 0.25) is 0 Å². The Balaban J connectivity index is 2.40. The molecule has 1 aromatic rings. The van der Waals surface area contributed by atoms with Crippen molar-refractivity contribution in [2.24, 2.45) is 7.05 Å². The van der Waals surface area contributed by atoms with Crippen molar-refractivity contribution in [3.05, 3.63) is 22.7 Å². The predicted octanol–water partition coefficient (Wildman–Crippen LogP) is 0.728. The maximum atomic E-state index is 12.0. The third kappa shape index (κ3) is 2.23. The van der Waals surface area contributed by atoms with Crippen LogP contribution in [0.5, 0.6) is 0 Å². The summed E-state index contributed by atoms with van der Waals surface area (Å²) in [4.78, 5) is 29.6. The topological polar surface area (TPSA) is 55.2 Å². The van der Waals surface area contributed by atoms with Crippen molar-refractivity contribution in [2.75, 3.05) is 11.4 Å². The van der Waals surface area contributed by atoms with Crippen LogP contribution in [0.1, 0.15) is 26.2 Å². The first-order chi connectivity index (χ1) is 8.11. The van der Waals surface area contributed by atoms with Crippen molar-refractivity contribution in [1.29, 1.82) is 0 Å². The fourth-order valence-electron chi connectivity index (χ4n) is 2.29. The fraction of sp³-hybridized carbons (Fsp3) is 0.583. The van der Waals surface area contributed by atoms with Gasteiger partial charge in [0, 0.05) is 26.0 Å². The molecule has 17 heavy (non-hydrogen) atoms. The van der Waals surface area contributed by atoms with Crippen LogP contribution in [0.15, 0.2) is 17.2 Å². The van der Waals surface area contributed by atoms with Gasteiger partial charge in [0.25, 0.3) is 5.56 Å². The number of aromatic nitrogens is 2. The summed E-state index contributed by atoms with van der Waals surface area (Å²) in [6.07, 6.45) is 6.08. The van der Waals surface area contributed by atoms with Gasteiger partial charge in [0.2, 0.25) is 0 Å². The molecule has 0 aromatic carbocycles. The first-order valence-electron chi connectivity index (χ1n) is 5.90. The normalized spacial score (nSPS) is 20.4. The molecule has 0 aliphatic carbocycles. The van der Waals surface area contributed by atoms with Gasteiger partial charge in [-0.3, -0.25) is 9.59 Å². The lowest BCUT2D eigenvalue weighted by Crippen LogP contribution is -2.47. The molecule has 5 heteroatoms. The second-order valence-corrected chi connectivity index (χ2v) is 4.48. The number of hydrogen-bond acceptors (Lipinski definition) is 4. The highest BCUT2D eigenvalue weighted by atomic mass is 16.1. The molecule has 2 rings (SSSR count). The SMILES string of the molecule is CC(=O)C1CCCCN1c1nccn(C)c1=O. The van der Waals surface area contributed by atoms with Gasteiger partial charge in [-0.2, -0.15) is 0 Å². The first kappa shape index (κ1) is 11.8. The van der Waals surface area contributed by atoms with E-state index in [9.17, 15) is 9.59 Å². The Hall–Kier alpha value is -1.65. The van der Waals surface area contributed by atoms with E-state index in [1.807, 2.05) is 4.90 Å². The zero-order chi connectivity index (χ0) is 12.4. The van der Waals surface area contributed by atoms with Crippen LogP contribution in [0, 0.1) is 0 Å². The van der Waals surface area contributed by atoms with Crippen molar-refractivity contribution in [1.82, 2.24) is 9.55 Å². The number of piperidine rings is 1. The average Bonchev–Trinajstić information content (AvgIpc) is 2.33. The molecular weight excluding hydrogens is 218 g/mol. The predicted molar refractivity (Wildman–Crippen MR) is 65.1 cm³/mol. The van der Waals surface area contributed by atoms with Gasteiger partial charge in [0.05, 0.1) is 6.04 Å². The van der Waals surface area contributed by atoms with Crippen molar-refractivity contribution in [2.45, 2.75) is 32.2 Å². The van der Waals surface area contributed by atoms with Gasteiger partial charge in [-0.25, -0.2) is 4.98 Å². The zero-order valence-electron chi connectivity index (χ0n) is 10.2. The summed E-state index contributed by atoms with van der Waals surface area (Å²) in [5.41, 5.74) is -0.138. The summed E-state index contributed by atoms with van der Waals surface area (Å²) in [6.45, 7) is 2.31. The van der Waals surface area contributed by atoms with Gasteiger partial charge in [0.15, 0.2) is 11.6 Å². The highest BCUT2D eigenvalue weighted by Gasteiger charge is 2.28. The summed E-state index contributed by atoms with van der Waals surface area (Å²) in [5.74, 6) is 0.507. The monoisotopic (exact) mass is 235 g/mol. The van der Waals surface area contributed by atoms with Gasteiger partial charge < -0.3 is 9.47 Å². The van der Waals surface area contributed by atoms with Crippen LogP contribution in [0.25, 0.3) is 0 Å². The highest BCUT2D eigenvalue weighted by molar-refractivity contribution is 5.84. The van der Waals surface area contributed by atoms with Gasteiger partial charge in [-0.05, 0) is 26.2 Å². The molecule has 0 saturated carbocycles. The summed E-state index contributed by atoms with van der Waals surface area (Å²) in [6, 6.07) is -0.189. The van der Waals surface area contributed by atoms with Crippen molar-refractivity contribution in [3.8, 4) is 0 Å². The Kier molecular flexibility index (Phi) is 3.26. The summed E-state index contributed by atoms with van der Waals surface area (Å²) in [7, 11) is 1.69. The molecule has 1 saturated heterocycles. The second-order valence-electron chi connectivity index (χ2n) is 4.48. The summed E-state index contributed by atoms with van der Waals surface area (Å²) >= 11 is 0. The highest BCUT2D eigenvalue weighted by Crippen LogP contribution is 2.21. The number of carbonyl (C=O) groups is 1. The molecule has 0 spiro atoms. The lowest BCUT2D eigenvalue weighted by atomic mass is 9.99. The minimum absolute atomic E-state index is 0.109. The molecule has 1 aliphatic heterocycles. The molecule has 0 amide bonds. The Morgan fingerprint density at radius 3 is 2.94 bits per heavy atom. The maximum Gasteiger partial charge on any atom is 0.293 e. The van der Waals surface area contributed by atoms with Gasteiger partial charge in [-0.15, -0.1) is 0 Å². The largest absolute Gasteiger partial charge is 0.342 e. The molecule has 1 unspecified atom stereocenters. The maximum absolute atomic E-state index is 12.0. The molecule has 0 radical (unpaired) electrons. The number of rotatable bonds is 2. The molecule has 0 N–H and O–H groups in total. The third-order valence-corrected chi connectivity index (χ3v) is 3.24. The lowest BCUT2D eigenvalue weighted by molar-refractivity contribution is -0.118. The van der Waals surface area contributed by atoms with E-state index >= 15 is 0 Å². The van der Waals surface area contributed by atoms with Crippen molar-refractivity contribution < 1.29 is 4.79 Å². The van der Waals surface area contributed by atoms with E-state index in [0.717, 1.165) is 25.8 Å². The molecule has 1 atom stereocenters. The molecule has 0 bridgehead atoms. The van der Waals surface area contributed by atoms with E-state index in [1.165, 1.54) is 4.57 Å². The number of nitrogens with zero attached hydrogens (tertiary/aromatic N) is 3. The number of Topliss-reactive ketones (excluding diaryl/α,β-unsaturated/α-hetero) is 1. The Morgan fingerprint density at radius 2 is 2.24 bits per heavy atom. The molecule has 92 valence electrons. The van der Waals surface area contributed by atoms with E-state index in [-0.39, 0.29) is 17.4 Å². The number of hydrogen-bond donors (Lipinski definition) is 0. The second kappa shape index (κ2) is 4.69. The van der Waals surface area contributed by atoms with Crippen LogP contribution < -0.4 is 10.5 Å². The van der Waals surface area contributed by atoms with Crippen LogP contribution in [-0.2, 0) is 11.8 Å². The summed E-state index contributed by atoms with van der Waals surface area (Å²) < 4.78 is 1.49. The van der Waals surface area contributed by atoms with Crippen molar-refractivity contribution >= 4 is 11.6 Å². The third-order valence-electron chi connectivity index (χ3n) is 3.24. The zero-order valence-corrected chi connectivity index (χ0v) is 10.2.